The van der Waals surface area contributed by atoms with Crippen LogP contribution in [-0.2, 0) is 22.6 Å². The quantitative estimate of drug-likeness (QED) is 0.133. The summed E-state index contributed by atoms with van der Waals surface area (Å²) in [6.07, 6.45) is 0.306. The fraction of sp³-hybridized carbons (Fsp3) is 0.333. The minimum atomic E-state index is -1.37. The molecular formula is C36H42N4O6. The highest BCUT2D eigenvalue weighted by atomic mass is 16.5. The van der Waals surface area contributed by atoms with Crippen LogP contribution in [0.25, 0.3) is 0 Å². The number of aliphatic hydroxyl groups is 1. The Bertz CT molecular complexity index is 1530. The minimum Gasteiger partial charge on any atom is -0.445 e. The molecule has 242 valence electrons. The molecule has 1 aromatic heterocycles. The molecule has 4 atom stereocenters. The molecule has 4 rings (SSSR count). The van der Waals surface area contributed by atoms with Crippen LogP contribution in [0.5, 0.6) is 0 Å². The van der Waals surface area contributed by atoms with E-state index in [2.05, 4.69) is 20.9 Å². The van der Waals surface area contributed by atoms with Gasteiger partial charge in [-0.25, -0.2) is 9.78 Å². The SMILES string of the molecule is CC(C)CC(NC(=O)OCc1ccccc1)C(=O)NC(CCc1ccccc1)C(O)c1nc(C(=O)N[C@@H](C)c2ccccc2)co1. The highest BCUT2D eigenvalue weighted by Crippen LogP contribution is 2.22. The fourth-order valence-corrected chi connectivity index (χ4v) is 4.96. The Morgan fingerprint density at radius 3 is 2.07 bits per heavy atom. The van der Waals surface area contributed by atoms with Crippen LogP contribution < -0.4 is 16.0 Å². The molecule has 0 aliphatic heterocycles. The first kappa shape index (κ1) is 33.9. The molecule has 0 aliphatic carbocycles. The van der Waals surface area contributed by atoms with Gasteiger partial charge in [0.25, 0.3) is 5.91 Å². The third kappa shape index (κ3) is 10.3. The topological polar surface area (TPSA) is 143 Å². The first-order chi connectivity index (χ1) is 22.2. The third-order valence-electron chi connectivity index (χ3n) is 7.48. The Balaban J connectivity index is 1.46. The van der Waals surface area contributed by atoms with Crippen molar-refractivity contribution >= 4 is 17.9 Å². The van der Waals surface area contributed by atoms with Crippen molar-refractivity contribution in [3.8, 4) is 0 Å². The second kappa shape index (κ2) is 16.9. The van der Waals surface area contributed by atoms with Crippen molar-refractivity contribution in [2.75, 3.05) is 0 Å². The Morgan fingerprint density at radius 1 is 0.826 bits per heavy atom. The lowest BCUT2D eigenvalue weighted by Crippen LogP contribution is -2.51. The van der Waals surface area contributed by atoms with Crippen molar-refractivity contribution in [3.05, 3.63) is 126 Å². The Hall–Kier alpha value is -4.96. The van der Waals surface area contributed by atoms with Gasteiger partial charge in [-0.3, -0.25) is 9.59 Å². The van der Waals surface area contributed by atoms with Gasteiger partial charge < -0.3 is 30.2 Å². The van der Waals surface area contributed by atoms with Crippen LogP contribution in [0.3, 0.4) is 0 Å². The van der Waals surface area contributed by atoms with E-state index in [0.29, 0.717) is 19.3 Å². The second-order valence-corrected chi connectivity index (χ2v) is 11.6. The van der Waals surface area contributed by atoms with Crippen LogP contribution in [0.2, 0.25) is 0 Å². The van der Waals surface area contributed by atoms with Gasteiger partial charge in [0.2, 0.25) is 11.8 Å². The summed E-state index contributed by atoms with van der Waals surface area (Å²) in [5.41, 5.74) is 2.76. The van der Waals surface area contributed by atoms with Crippen molar-refractivity contribution in [1.82, 2.24) is 20.9 Å². The summed E-state index contributed by atoms with van der Waals surface area (Å²) in [5.74, 6) is -0.974. The van der Waals surface area contributed by atoms with Gasteiger partial charge >= 0.3 is 6.09 Å². The molecule has 0 radical (unpaired) electrons. The molecule has 0 saturated heterocycles. The van der Waals surface area contributed by atoms with Gasteiger partial charge in [0, 0.05) is 0 Å². The number of nitrogens with one attached hydrogen (secondary N) is 3. The lowest BCUT2D eigenvalue weighted by Gasteiger charge is -2.26. The number of aromatic nitrogens is 1. The molecule has 10 nitrogen and oxygen atoms in total. The lowest BCUT2D eigenvalue weighted by molar-refractivity contribution is -0.125. The molecular weight excluding hydrogens is 584 g/mol. The lowest BCUT2D eigenvalue weighted by atomic mass is 9.99. The van der Waals surface area contributed by atoms with E-state index in [1.807, 2.05) is 112 Å². The second-order valence-electron chi connectivity index (χ2n) is 11.6. The van der Waals surface area contributed by atoms with E-state index < -0.39 is 36.1 Å². The van der Waals surface area contributed by atoms with Crippen LogP contribution in [0.15, 0.2) is 102 Å². The highest BCUT2D eigenvalue weighted by Gasteiger charge is 2.31. The van der Waals surface area contributed by atoms with E-state index in [1.54, 1.807) is 0 Å². The van der Waals surface area contributed by atoms with E-state index in [0.717, 1.165) is 16.7 Å². The van der Waals surface area contributed by atoms with Gasteiger partial charge in [-0.1, -0.05) is 105 Å². The number of hydrogen-bond acceptors (Lipinski definition) is 7. The van der Waals surface area contributed by atoms with Crippen molar-refractivity contribution in [2.24, 2.45) is 5.92 Å². The number of hydrogen-bond donors (Lipinski definition) is 4. The standard InChI is InChI=1S/C36H42N4O6/c1-24(2)21-30(40-36(44)46-22-27-15-9-5-10-16-27)33(42)38-29(20-19-26-13-7-4-8-14-26)32(41)35-39-31(23-45-35)34(43)37-25(3)28-17-11-6-12-18-28/h4-18,23-25,29-30,32,41H,19-22H2,1-3H3,(H,37,43)(H,38,42)(H,40,44)/t25-,29?,30?,32?/m0/s1. The molecule has 0 bridgehead atoms. The van der Waals surface area contributed by atoms with Gasteiger partial charge in [0.05, 0.1) is 12.1 Å². The van der Waals surface area contributed by atoms with Crippen molar-refractivity contribution in [2.45, 2.75) is 70.9 Å². The van der Waals surface area contributed by atoms with E-state index in [-0.39, 0.29) is 30.2 Å². The smallest absolute Gasteiger partial charge is 0.408 e. The summed E-state index contributed by atoms with van der Waals surface area (Å²) in [7, 11) is 0. The number of benzene rings is 3. The number of aryl methyl sites for hydroxylation is 1. The zero-order chi connectivity index (χ0) is 32.9. The molecule has 4 N–H and O–H groups in total. The number of amides is 3. The minimum absolute atomic E-state index is 0.00507. The number of carbonyl (C=O) groups is 3. The van der Waals surface area contributed by atoms with Gasteiger partial charge in [0.15, 0.2) is 11.8 Å². The van der Waals surface area contributed by atoms with Crippen LogP contribution in [0.4, 0.5) is 4.79 Å². The summed E-state index contributed by atoms with van der Waals surface area (Å²) < 4.78 is 10.9. The average molecular weight is 627 g/mol. The van der Waals surface area contributed by atoms with Gasteiger partial charge in [-0.15, -0.1) is 0 Å². The normalized spacial score (nSPS) is 13.7. The van der Waals surface area contributed by atoms with E-state index >= 15 is 0 Å². The van der Waals surface area contributed by atoms with Crippen LogP contribution in [0, 0.1) is 5.92 Å². The number of alkyl carbamates (subject to hydrolysis) is 1. The molecule has 3 amide bonds. The maximum atomic E-state index is 13.6. The highest BCUT2D eigenvalue weighted by molar-refractivity contribution is 5.92. The van der Waals surface area contributed by atoms with Crippen LogP contribution in [0.1, 0.15) is 78.8 Å². The average Bonchev–Trinajstić information content (AvgIpc) is 3.57. The first-order valence-corrected chi connectivity index (χ1v) is 15.5. The molecule has 0 aliphatic rings. The summed E-state index contributed by atoms with van der Waals surface area (Å²) in [6, 6.07) is 26.4. The Morgan fingerprint density at radius 2 is 1.43 bits per heavy atom. The van der Waals surface area contributed by atoms with Gasteiger partial charge in [0.1, 0.15) is 18.9 Å². The zero-order valence-corrected chi connectivity index (χ0v) is 26.4. The van der Waals surface area contributed by atoms with Gasteiger partial charge in [-0.05, 0) is 48.8 Å². The van der Waals surface area contributed by atoms with E-state index in [1.165, 1.54) is 6.26 Å². The predicted octanol–water partition coefficient (Wildman–Crippen LogP) is 5.66. The Kier molecular flexibility index (Phi) is 12.5. The van der Waals surface area contributed by atoms with Crippen molar-refractivity contribution in [1.29, 1.82) is 0 Å². The molecule has 3 aromatic carbocycles. The number of rotatable bonds is 15. The zero-order valence-electron chi connectivity index (χ0n) is 26.4. The summed E-state index contributed by atoms with van der Waals surface area (Å²) in [4.78, 5) is 43.5. The summed E-state index contributed by atoms with van der Waals surface area (Å²) in [5, 5.41) is 19.9. The maximum Gasteiger partial charge on any atom is 0.408 e. The number of ether oxygens (including phenoxy) is 1. The van der Waals surface area contributed by atoms with Crippen molar-refractivity contribution in [3.63, 3.8) is 0 Å². The Labute approximate surface area is 269 Å². The molecule has 0 saturated carbocycles. The fourth-order valence-electron chi connectivity index (χ4n) is 4.96. The molecule has 46 heavy (non-hydrogen) atoms. The van der Waals surface area contributed by atoms with E-state index in [9.17, 15) is 19.5 Å². The van der Waals surface area contributed by atoms with Crippen LogP contribution in [-0.4, -0.2) is 40.1 Å². The number of aliphatic hydroxyl groups excluding tert-OH is 1. The number of nitrogens with zero attached hydrogens (tertiary/aromatic N) is 1. The van der Waals surface area contributed by atoms with Gasteiger partial charge in [-0.2, -0.15) is 0 Å². The molecule has 3 unspecified atom stereocenters. The predicted molar refractivity (Wildman–Crippen MR) is 173 cm³/mol. The first-order valence-electron chi connectivity index (χ1n) is 15.5. The molecule has 0 fully saturated rings. The summed E-state index contributed by atoms with van der Waals surface area (Å²) in [6.45, 7) is 5.80. The number of carbonyl (C=O) groups excluding carboxylic acids is 3. The third-order valence-corrected chi connectivity index (χ3v) is 7.48. The van der Waals surface area contributed by atoms with Crippen LogP contribution >= 0.6 is 0 Å². The molecule has 4 aromatic rings. The molecule has 0 spiro atoms. The van der Waals surface area contributed by atoms with E-state index in [4.69, 9.17) is 9.15 Å². The maximum absolute atomic E-state index is 13.6. The molecule has 1 heterocycles. The number of oxazole rings is 1. The summed E-state index contributed by atoms with van der Waals surface area (Å²) >= 11 is 0. The van der Waals surface area contributed by atoms with Crippen molar-refractivity contribution < 1.29 is 28.6 Å². The molecule has 10 heteroatoms. The largest absolute Gasteiger partial charge is 0.445 e. The monoisotopic (exact) mass is 626 g/mol.